The Kier molecular flexibility index (Phi) is 3.63. The molecule has 2 aromatic rings. The fourth-order valence-electron chi connectivity index (χ4n) is 1.19. The zero-order chi connectivity index (χ0) is 11.5. The Bertz CT molecular complexity index is 504. The van der Waals surface area contributed by atoms with E-state index in [0.717, 1.165) is 15.6 Å². The van der Waals surface area contributed by atoms with E-state index in [1.54, 1.807) is 17.4 Å². The molecule has 2 aromatic heterocycles. The van der Waals surface area contributed by atoms with Gasteiger partial charge in [-0.2, -0.15) is 0 Å². The predicted octanol–water partition coefficient (Wildman–Crippen LogP) is 2.73. The van der Waals surface area contributed by atoms with Gasteiger partial charge in [0, 0.05) is 15.7 Å². The lowest BCUT2D eigenvalue weighted by molar-refractivity contribution is 0.0954. The lowest BCUT2D eigenvalue weighted by Crippen LogP contribution is -2.21. The van der Waals surface area contributed by atoms with Crippen LogP contribution in [0.3, 0.4) is 0 Å². The first kappa shape index (κ1) is 11.6. The molecule has 0 aliphatic carbocycles. The summed E-state index contributed by atoms with van der Waals surface area (Å²) in [4.78, 5) is 17.4. The average molecular weight is 270 g/mol. The van der Waals surface area contributed by atoms with E-state index >= 15 is 0 Å². The third kappa shape index (κ3) is 2.84. The number of carbonyl (C=O) groups is 1. The van der Waals surface area contributed by atoms with Crippen LogP contribution in [0.5, 0.6) is 0 Å². The van der Waals surface area contributed by atoms with Crippen LogP contribution in [0.2, 0.25) is 0 Å². The van der Waals surface area contributed by atoms with Crippen LogP contribution >= 0.6 is 35.3 Å². The first-order valence-corrected chi connectivity index (χ1v) is 6.82. The monoisotopic (exact) mass is 270 g/mol. The third-order valence-electron chi connectivity index (χ3n) is 1.91. The van der Waals surface area contributed by atoms with Gasteiger partial charge in [-0.3, -0.25) is 4.79 Å². The number of aryl methyl sites for hydroxylation is 1. The molecule has 0 unspecified atom stereocenters. The summed E-state index contributed by atoms with van der Waals surface area (Å²) in [6.07, 6.45) is 0. The molecule has 3 nitrogen and oxygen atoms in total. The van der Waals surface area contributed by atoms with Crippen LogP contribution in [0.15, 0.2) is 21.7 Å². The molecular weight excluding hydrogens is 260 g/mol. The predicted molar refractivity (Wildman–Crippen MR) is 69.6 cm³/mol. The maximum absolute atomic E-state index is 11.7. The zero-order valence-corrected chi connectivity index (χ0v) is 11.1. The van der Waals surface area contributed by atoms with Crippen LogP contribution in [-0.2, 0) is 6.54 Å². The van der Waals surface area contributed by atoms with Crippen LogP contribution in [0, 0.1) is 6.92 Å². The lowest BCUT2D eigenvalue weighted by Gasteiger charge is -1.99. The Balaban J connectivity index is 1.93. The molecule has 16 heavy (non-hydrogen) atoms. The summed E-state index contributed by atoms with van der Waals surface area (Å²) in [7, 11) is 0. The van der Waals surface area contributed by atoms with Gasteiger partial charge in [-0.1, -0.05) is 0 Å². The Hall–Kier alpha value is -0.850. The van der Waals surface area contributed by atoms with E-state index in [4.69, 9.17) is 0 Å². The molecule has 0 bridgehead atoms. The number of amides is 1. The maximum atomic E-state index is 11.7. The number of hydrogen-bond donors (Lipinski definition) is 2. The number of carbonyl (C=O) groups excluding carboxylic acids is 1. The van der Waals surface area contributed by atoms with Gasteiger partial charge in [0.05, 0.1) is 22.1 Å². The molecule has 84 valence electrons. The van der Waals surface area contributed by atoms with Gasteiger partial charge < -0.3 is 5.32 Å². The van der Waals surface area contributed by atoms with Gasteiger partial charge in [-0.05, 0) is 13.0 Å². The highest BCUT2D eigenvalue weighted by molar-refractivity contribution is 7.80. The standard InChI is InChI=1S/C10H10N2OS3/c1-6-12-7(4-15-6)3-11-10(13)9-2-8(14)5-16-9/h2,4-5,14H,3H2,1H3,(H,11,13). The number of thiophene rings is 1. The molecule has 0 spiro atoms. The van der Waals surface area contributed by atoms with E-state index in [1.165, 1.54) is 11.3 Å². The molecule has 0 saturated carbocycles. The number of nitrogens with one attached hydrogen (secondary N) is 1. The fraction of sp³-hybridized carbons (Fsp3) is 0.200. The summed E-state index contributed by atoms with van der Waals surface area (Å²) in [5.41, 5.74) is 0.901. The van der Waals surface area contributed by atoms with E-state index in [-0.39, 0.29) is 5.91 Å². The Labute approximate surface area is 107 Å². The van der Waals surface area contributed by atoms with Crippen LogP contribution in [0.4, 0.5) is 0 Å². The van der Waals surface area contributed by atoms with Gasteiger partial charge in [-0.15, -0.1) is 35.3 Å². The second kappa shape index (κ2) is 4.99. The highest BCUT2D eigenvalue weighted by Gasteiger charge is 2.08. The number of nitrogens with zero attached hydrogens (tertiary/aromatic N) is 1. The molecule has 2 rings (SSSR count). The minimum atomic E-state index is -0.0732. The van der Waals surface area contributed by atoms with E-state index in [9.17, 15) is 4.79 Å². The van der Waals surface area contributed by atoms with Crippen molar-refractivity contribution < 1.29 is 4.79 Å². The third-order valence-corrected chi connectivity index (χ3v) is 4.09. The lowest BCUT2D eigenvalue weighted by atomic mass is 10.4. The average Bonchev–Trinajstić information content (AvgIpc) is 2.84. The molecule has 0 aromatic carbocycles. The normalized spacial score (nSPS) is 10.4. The van der Waals surface area contributed by atoms with Crippen molar-refractivity contribution in [1.29, 1.82) is 0 Å². The molecule has 0 radical (unpaired) electrons. The van der Waals surface area contributed by atoms with E-state index in [0.29, 0.717) is 11.4 Å². The van der Waals surface area contributed by atoms with Crippen LogP contribution in [0.25, 0.3) is 0 Å². The van der Waals surface area contributed by atoms with Crippen molar-refractivity contribution in [2.45, 2.75) is 18.4 Å². The van der Waals surface area contributed by atoms with Crippen molar-refractivity contribution in [3.8, 4) is 0 Å². The SMILES string of the molecule is Cc1nc(CNC(=O)c2cc(S)cs2)cs1. The molecule has 0 saturated heterocycles. The molecule has 0 fully saturated rings. The summed E-state index contributed by atoms with van der Waals surface area (Å²) in [5, 5.41) is 7.63. The topological polar surface area (TPSA) is 42.0 Å². The summed E-state index contributed by atoms with van der Waals surface area (Å²) in [5.74, 6) is -0.0732. The Morgan fingerprint density at radius 1 is 1.50 bits per heavy atom. The van der Waals surface area contributed by atoms with Crippen molar-refractivity contribution in [3.63, 3.8) is 0 Å². The van der Waals surface area contributed by atoms with Crippen LogP contribution in [0.1, 0.15) is 20.4 Å². The second-order valence-corrected chi connectivity index (χ2v) is 5.70. The number of thiazole rings is 1. The van der Waals surface area contributed by atoms with Crippen molar-refractivity contribution in [2.75, 3.05) is 0 Å². The first-order chi connectivity index (χ1) is 7.65. The van der Waals surface area contributed by atoms with Gasteiger partial charge in [0.2, 0.25) is 0 Å². The number of thiol groups is 1. The van der Waals surface area contributed by atoms with E-state index in [2.05, 4.69) is 22.9 Å². The molecule has 6 heteroatoms. The summed E-state index contributed by atoms with van der Waals surface area (Å²) >= 11 is 7.14. The molecule has 1 N–H and O–H groups in total. The minimum Gasteiger partial charge on any atom is -0.346 e. The van der Waals surface area contributed by atoms with Crippen LogP contribution in [-0.4, -0.2) is 10.9 Å². The smallest absolute Gasteiger partial charge is 0.261 e. The van der Waals surface area contributed by atoms with Gasteiger partial charge >= 0.3 is 0 Å². The highest BCUT2D eigenvalue weighted by atomic mass is 32.1. The minimum absolute atomic E-state index is 0.0732. The van der Waals surface area contributed by atoms with Crippen molar-refractivity contribution in [1.82, 2.24) is 10.3 Å². The number of aromatic nitrogens is 1. The van der Waals surface area contributed by atoms with Crippen molar-refractivity contribution in [2.24, 2.45) is 0 Å². The zero-order valence-electron chi connectivity index (χ0n) is 8.56. The molecule has 0 aliphatic heterocycles. The fourth-order valence-corrected chi connectivity index (χ4v) is 2.87. The number of rotatable bonds is 3. The summed E-state index contributed by atoms with van der Waals surface area (Å²) in [6, 6.07) is 1.76. The second-order valence-electron chi connectivity index (χ2n) is 3.21. The quantitative estimate of drug-likeness (QED) is 0.842. The first-order valence-electron chi connectivity index (χ1n) is 4.62. The Morgan fingerprint density at radius 3 is 2.88 bits per heavy atom. The van der Waals surface area contributed by atoms with Gasteiger partial charge in [0.15, 0.2) is 0 Å². The van der Waals surface area contributed by atoms with Crippen molar-refractivity contribution in [3.05, 3.63) is 32.4 Å². The molecule has 2 heterocycles. The van der Waals surface area contributed by atoms with Gasteiger partial charge in [0.25, 0.3) is 5.91 Å². The molecular formula is C10H10N2OS3. The highest BCUT2D eigenvalue weighted by Crippen LogP contribution is 2.17. The Morgan fingerprint density at radius 2 is 2.31 bits per heavy atom. The van der Waals surface area contributed by atoms with Crippen LogP contribution < -0.4 is 5.32 Å². The molecule has 1 amide bonds. The summed E-state index contributed by atoms with van der Waals surface area (Å²) in [6.45, 7) is 2.42. The van der Waals surface area contributed by atoms with Crippen molar-refractivity contribution >= 4 is 41.2 Å². The summed E-state index contributed by atoms with van der Waals surface area (Å²) < 4.78 is 0. The van der Waals surface area contributed by atoms with Gasteiger partial charge in [-0.25, -0.2) is 4.98 Å². The molecule has 0 aliphatic rings. The van der Waals surface area contributed by atoms with Gasteiger partial charge in [0.1, 0.15) is 0 Å². The molecule has 0 atom stereocenters. The number of hydrogen-bond acceptors (Lipinski definition) is 5. The largest absolute Gasteiger partial charge is 0.346 e. The maximum Gasteiger partial charge on any atom is 0.261 e. The van der Waals surface area contributed by atoms with E-state index < -0.39 is 0 Å². The van der Waals surface area contributed by atoms with E-state index in [1.807, 2.05) is 17.7 Å².